The number of carbonyl (C=O) groups is 1. The summed E-state index contributed by atoms with van der Waals surface area (Å²) in [5.41, 5.74) is -0.359. The number of pyridine rings is 1. The molecule has 0 radical (unpaired) electrons. The standard InChI is InChI=1S/C8H8ClFN2O2/c1-12(14-2)8(13)7-5(10)3-4-6(9)11-7/h3-4H,1-2H3. The number of hydrogen-bond donors (Lipinski definition) is 0. The summed E-state index contributed by atoms with van der Waals surface area (Å²) in [6.07, 6.45) is 0. The molecule has 1 aromatic rings. The summed E-state index contributed by atoms with van der Waals surface area (Å²) >= 11 is 5.52. The maximum absolute atomic E-state index is 13.1. The second kappa shape index (κ2) is 4.34. The molecule has 0 spiro atoms. The lowest BCUT2D eigenvalue weighted by molar-refractivity contribution is -0.0763. The van der Waals surface area contributed by atoms with Crippen LogP contribution in [-0.2, 0) is 4.84 Å². The zero-order chi connectivity index (χ0) is 10.7. The Morgan fingerprint density at radius 2 is 2.29 bits per heavy atom. The molecule has 0 aliphatic rings. The van der Waals surface area contributed by atoms with Gasteiger partial charge in [0, 0.05) is 7.05 Å². The van der Waals surface area contributed by atoms with Gasteiger partial charge in [-0.1, -0.05) is 11.6 Å². The Hall–Kier alpha value is -1.20. The summed E-state index contributed by atoms with van der Waals surface area (Å²) in [4.78, 5) is 19.5. The minimum Gasteiger partial charge on any atom is -0.274 e. The number of nitrogens with zero attached hydrogens (tertiary/aromatic N) is 2. The molecule has 1 aromatic heterocycles. The van der Waals surface area contributed by atoms with E-state index in [0.29, 0.717) is 0 Å². The summed E-state index contributed by atoms with van der Waals surface area (Å²) in [7, 11) is 2.64. The Balaban J connectivity index is 3.06. The van der Waals surface area contributed by atoms with E-state index in [1.807, 2.05) is 0 Å². The zero-order valence-electron chi connectivity index (χ0n) is 7.62. The number of hydroxylamine groups is 2. The lowest BCUT2D eigenvalue weighted by atomic mass is 10.3. The molecular weight excluding hydrogens is 211 g/mol. The first kappa shape index (κ1) is 10.9. The van der Waals surface area contributed by atoms with E-state index in [1.54, 1.807) is 0 Å². The average Bonchev–Trinajstić information content (AvgIpc) is 2.19. The number of amides is 1. The van der Waals surface area contributed by atoms with Crippen molar-refractivity contribution < 1.29 is 14.0 Å². The van der Waals surface area contributed by atoms with Crippen LogP contribution >= 0.6 is 11.6 Å². The number of hydrogen-bond acceptors (Lipinski definition) is 3. The van der Waals surface area contributed by atoms with Gasteiger partial charge in [-0.3, -0.25) is 9.63 Å². The first-order valence-corrected chi connectivity index (χ1v) is 4.08. The van der Waals surface area contributed by atoms with Crippen LogP contribution < -0.4 is 0 Å². The van der Waals surface area contributed by atoms with E-state index in [-0.39, 0.29) is 10.8 Å². The first-order valence-electron chi connectivity index (χ1n) is 3.70. The maximum Gasteiger partial charge on any atom is 0.298 e. The molecule has 0 unspecified atom stereocenters. The van der Waals surface area contributed by atoms with Gasteiger partial charge in [0.05, 0.1) is 7.11 Å². The van der Waals surface area contributed by atoms with Crippen LogP contribution in [0.1, 0.15) is 10.5 Å². The lowest BCUT2D eigenvalue weighted by Gasteiger charge is -2.13. The fraction of sp³-hybridized carbons (Fsp3) is 0.250. The van der Waals surface area contributed by atoms with Gasteiger partial charge < -0.3 is 0 Å². The Bertz CT molecular complexity index is 359. The largest absolute Gasteiger partial charge is 0.298 e. The molecule has 0 saturated heterocycles. The molecule has 6 heteroatoms. The molecule has 0 aliphatic heterocycles. The Kier molecular flexibility index (Phi) is 3.38. The van der Waals surface area contributed by atoms with E-state index >= 15 is 0 Å². The molecule has 1 rings (SSSR count). The van der Waals surface area contributed by atoms with Gasteiger partial charge in [-0.25, -0.2) is 14.4 Å². The third-order valence-corrected chi connectivity index (χ3v) is 1.78. The summed E-state index contributed by atoms with van der Waals surface area (Å²) in [5, 5.41) is 0.918. The van der Waals surface area contributed by atoms with Crippen LogP contribution in [0.4, 0.5) is 4.39 Å². The van der Waals surface area contributed by atoms with Gasteiger partial charge in [0.1, 0.15) is 5.15 Å². The van der Waals surface area contributed by atoms with Crippen LogP contribution in [0.15, 0.2) is 12.1 Å². The molecule has 0 atom stereocenters. The minimum atomic E-state index is -0.733. The fourth-order valence-corrected chi connectivity index (χ4v) is 0.948. The molecule has 0 aliphatic carbocycles. The number of rotatable bonds is 2. The van der Waals surface area contributed by atoms with E-state index < -0.39 is 11.7 Å². The van der Waals surface area contributed by atoms with Gasteiger partial charge in [-0.2, -0.15) is 0 Å². The SMILES string of the molecule is CON(C)C(=O)c1nc(Cl)ccc1F. The molecule has 1 amide bonds. The van der Waals surface area contributed by atoms with Crippen molar-refractivity contribution in [2.45, 2.75) is 0 Å². The third kappa shape index (κ3) is 2.18. The van der Waals surface area contributed by atoms with Crippen LogP contribution in [-0.4, -0.2) is 30.1 Å². The molecule has 0 N–H and O–H groups in total. The Labute approximate surface area is 85.2 Å². The van der Waals surface area contributed by atoms with E-state index in [9.17, 15) is 9.18 Å². The number of halogens is 2. The van der Waals surface area contributed by atoms with Crippen molar-refractivity contribution in [3.05, 3.63) is 28.8 Å². The first-order chi connectivity index (χ1) is 6.56. The van der Waals surface area contributed by atoms with E-state index in [4.69, 9.17) is 11.6 Å². The van der Waals surface area contributed by atoms with Crippen molar-refractivity contribution in [3.8, 4) is 0 Å². The highest BCUT2D eigenvalue weighted by atomic mass is 35.5. The second-order valence-corrected chi connectivity index (χ2v) is 2.84. The summed E-state index contributed by atoms with van der Waals surface area (Å²) in [6.45, 7) is 0. The third-order valence-electron chi connectivity index (χ3n) is 1.57. The monoisotopic (exact) mass is 218 g/mol. The molecule has 0 aromatic carbocycles. The van der Waals surface area contributed by atoms with E-state index in [1.165, 1.54) is 20.2 Å². The highest BCUT2D eigenvalue weighted by Gasteiger charge is 2.18. The van der Waals surface area contributed by atoms with Crippen LogP contribution in [0, 0.1) is 5.82 Å². The van der Waals surface area contributed by atoms with Crippen molar-refractivity contribution >= 4 is 17.5 Å². The predicted molar refractivity (Wildman–Crippen MR) is 48.3 cm³/mol. The van der Waals surface area contributed by atoms with Crippen LogP contribution in [0.2, 0.25) is 5.15 Å². The molecule has 0 bridgehead atoms. The van der Waals surface area contributed by atoms with Crippen molar-refractivity contribution in [1.29, 1.82) is 0 Å². The molecule has 14 heavy (non-hydrogen) atoms. The predicted octanol–water partition coefficient (Wildman–Crippen LogP) is 1.51. The summed E-state index contributed by atoms with van der Waals surface area (Å²) in [6, 6.07) is 2.34. The minimum absolute atomic E-state index is 0.0549. The van der Waals surface area contributed by atoms with Gasteiger partial charge in [0.15, 0.2) is 11.5 Å². The Morgan fingerprint density at radius 1 is 1.64 bits per heavy atom. The molecule has 0 fully saturated rings. The van der Waals surface area contributed by atoms with Gasteiger partial charge in [-0.15, -0.1) is 0 Å². The average molecular weight is 219 g/mol. The van der Waals surface area contributed by atoms with E-state index in [2.05, 4.69) is 9.82 Å². The highest BCUT2D eigenvalue weighted by molar-refractivity contribution is 6.29. The van der Waals surface area contributed by atoms with Gasteiger partial charge in [-0.05, 0) is 12.1 Å². The molecule has 76 valence electrons. The van der Waals surface area contributed by atoms with E-state index in [0.717, 1.165) is 11.1 Å². The highest BCUT2D eigenvalue weighted by Crippen LogP contribution is 2.11. The van der Waals surface area contributed by atoms with Gasteiger partial charge in [0.25, 0.3) is 5.91 Å². The maximum atomic E-state index is 13.1. The number of carbonyl (C=O) groups excluding carboxylic acids is 1. The summed E-state index contributed by atoms with van der Waals surface area (Å²) < 4.78 is 13.1. The van der Waals surface area contributed by atoms with Crippen molar-refractivity contribution in [2.24, 2.45) is 0 Å². The van der Waals surface area contributed by atoms with Gasteiger partial charge >= 0.3 is 0 Å². The molecule has 0 saturated carbocycles. The van der Waals surface area contributed by atoms with Crippen molar-refractivity contribution in [1.82, 2.24) is 10.0 Å². The van der Waals surface area contributed by atoms with Gasteiger partial charge in [0.2, 0.25) is 0 Å². The smallest absolute Gasteiger partial charge is 0.274 e. The van der Waals surface area contributed by atoms with Crippen LogP contribution in [0.5, 0.6) is 0 Å². The lowest BCUT2D eigenvalue weighted by Crippen LogP contribution is -2.27. The normalized spacial score (nSPS) is 10.0. The van der Waals surface area contributed by atoms with Crippen LogP contribution in [0.25, 0.3) is 0 Å². The zero-order valence-corrected chi connectivity index (χ0v) is 8.38. The number of aromatic nitrogens is 1. The molecule has 4 nitrogen and oxygen atoms in total. The van der Waals surface area contributed by atoms with Crippen molar-refractivity contribution in [3.63, 3.8) is 0 Å². The summed E-state index contributed by atoms with van der Waals surface area (Å²) in [5.74, 6) is -1.42. The second-order valence-electron chi connectivity index (χ2n) is 2.45. The fourth-order valence-electron chi connectivity index (χ4n) is 0.800. The topological polar surface area (TPSA) is 42.4 Å². The van der Waals surface area contributed by atoms with Crippen LogP contribution in [0.3, 0.4) is 0 Å². The molecular formula is C8H8ClFN2O2. The quantitative estimate of drug-likeness (QED) is 0.558. The molecule has 1 heterocycles. The van der Waals surface area contributed by atoms with Crippen molar-refractivity contribution in [2.75, 3.05) is 14.2 Å². The Morgan fingerprint density at radius 3 is 2.86 bits per heavy atom.